The Morgan fingerprint density at radius 2 is 1.61 bits per heavy atom. The van der Waals surface area contributed by atoms with Gasteiger partial charge in [-0.05, 0) is 11.1 Å². The van der Waals surface area contributed by atoms with Gasteiger partial charge in [-0.2, -0.15) is 0 Å². The van der Waals surface area contributed by atoms with E-state index in [1.54, 1.807) is 0 Å². The number of hydrogen-bond acceptors (Lipinski definition) is 6. The van der Waals surface area contributed by atoms with Crippen LogP contribution in [0.15, 0.2) is 72.2 Å². The molecule has 28 heavy (non-hydrogen) atoms. The van der Waals surface area contributed by atoms with E-state index < -0.39 is 18.2 Å². The Bertz CT molecular complexity index is 787. The maximum atomic E-state index is 11.6. The summed E-state index contributed by atoms with van der Waals surface area (Å²) in [5, 5.41) is 9.32. The quantitative estimate of drug-likeness (QED) is 0.600. The minimum absolute atomic E-state index is 0.138. The van der Waals surface area contributed by atoms with Crippen molar-refractivity contribution in [3.63, 3.8) is 0 Å². The van der Waals surface area contributed by atoms with E-state index in [4.69, 9.17) is 18.9 Å². The predicted molar refractivity (Wildman–Crippen MR) is 102 cm³/mol. The third-order valence-corrected chi connectivity index (χ3v) is 4.19. The predicted octanol–water partition coefficient (Wildman–Crippen LogP) is 2.95. The Hall–Kier alpha value is -2.67. The fraction of sp³-hybridized carbons (Fsp3) is 0.318. The van der Waals surface area contributed by atoms with Crippen LogP contribution in [0.25, 0.3) is 0 Å². The molecule has 0 radical (unpaired) electrons. The van der Waals surface area contributed by atoms with Crippen molar-refractivity contribution in [2.75, 3.05) is 13.2 Å². The maximum absolute atomic E-state index is 11.6. The lowest BCUT2D eigenvalue weighted by molar-refractivity contribution is -0.160. The largest absolute Gasteiger partial charge is 0.457 e. The van der Waals surface area contributed by atoms with Gasteiger partial charge in [0.25, 0.3) is 0 Å². The third-order valence-electron chi connectivity index (χ3n) is 4.19. The number of esters is 1. The van der Waals surface area contributed by atoms with E-state index in [0.29, 0.717) is 24.7 Å². The summed E-state index contributed by atoms with van der Waals surface area (Å²) in [6.07, 6.45) is -1.34. The van der Waals surface area contributed by atoms with Gasteiger partial charge in [0.2, 0.25) is 0 Å². The van der Waals surface area contributed by atoms with Crippen LogP contribution < -0.4 is 0 Å². The minimum Gasteiger partial charge on any atom is -0.457 e. The smallest absolute Gasteiger partial charge is 0.303 e. The van der Waals surface area contributed by atoms with Crippen LogP contribution in [0, 0.1) is 0 Å². The number of benzene rings is 2. The zero-order chi connectivity index (χ0) is 19.8. The molecular weight excluding hydrogens is 360 g/mol. The molecule has 2 atom stereocenters. The molecule has 148 valence electrons. The Balaban J connectivity index is 1.66. The van der Waals surface area contributed by atoms with Gasteiger partial charge in [-0.3, -0.25) is 4.79 Å². The van der Waals surface area contributed by atoms with Crippen LogP contribution in [-0.2, 0) is 37.0 Å². The van der Waals surface area contributed by atoms with E-state index in [9.17, 15) is 9.90 Å². The molecule has 1 N–H and O–H groups in total. The first-order valence-electron chi connectivity index (χ1n) is 9.13. The molecule has 1 aliphatic rings. The van der Waals surface area contributed by atoms with Gasteiger partial charge in [0.1, 0.15) is 6.61 Å². The third kappa shape index (κ3) is 5.92. The zero-order valence-electron chi connectivity index (χ0n) is 15.7. The average molecular weight is 384 g/mol. The molecule has 0 amide bonds. The molecule has 0 saturated heterocycles. The Labute approximate surface area is 164 Å². The number of rotatable bonds is 11. The van der Waals surface area contributed by atoms with Crippen LogP contribution in [0.5, 0.6) is 0 Å². The van der Waals surface area contributed by atoms with Gasteiger partial charge in [0.05, 0.1) is 19.8 Å². The van der Waals surface area contributed by atoms with Crippen molar-refractivity contribution in [2.45, 2.75) is 32.3 Å². The van der Waals surface area contributed by atoms with Crippen molar-refractivity contribution in [3.8, 4) is 0 Å². The summed E-state index contributed by atoms with van der Waals surface area (Å²) in [7, 11) is 0. The highest BCUT2D eigenvalue weighted by molar-refractivity contribution is 5.66. The van der Waals surface area contributed by atoms with E-state index in [0.717, 1.165) is 11.1 Å². The van der Waals surface area contributed by atoms with Crippen molar-refractivity contribution >= 4 is 5.97 Å². The summed E-state index contributed by atoms with van der Waals surface area (Å²) in [4.78, 5) is 11.6. The lowest BCUT2D eigenvalue weighted by Gasteiger charge is -2.24. The van der Waals surface area contributed by atoms with Crippen LogP contribution in [0.3, 0.4) is 0 Å². The van der Waals surface area contributed by atoms with Crippen molar-refractivity contribution in [1.29, 1.82) is 0 Å². The summed E-state index contributed by atoms with van der Waals surface area (Å²) in [5.41, 5.74) is 2.00. The molecule has 3 rings (SSSR count). The molecule has 0 aliphatic carbocycles. The Kier molecular flexibility index (Phi) is 7.19. The monoisotopic (exact) mass is 384 g/mol. The highest BCUT2D eigenvalue weighted by Gasteiger charge is 2.40. The molecule has 2 aromatic rings. The van der Waals surface area contributed by atoms with Gasteiger partial charge in [0, 0.05) is 6.92 Å². The molecule has 6 nitrogen and oxygen atoms in total. The van der Waals surface area contributed by atoms with Gasteiger partial charge in [-0.25, -0.2) is 0 Å². The van der Waals surface area contributed by atoms with E-state index >= 15 is 0 Å². The number of ether oxygens (including phenoxy) is 4. The van der Waals surface area contributed by atoms with Crippen LogP contribution in [0.2, 0.25) is 0 Å². The molecule has 2 aromatic carbocycles. The van der Waals surface area contributed by atoms with Gasteiger partial charge in [0.15, 0.2) is 23.7 Å². The topological polar surface area (TPSA) is 77.5 Å². The zero-order valence-corrected chi connectivity index (χ0v) is 15.7. The number of aliphatic hydroxyl groups is 1. The van der Waals surface area contributed by atoms with Gasteiger partial charge in [-0.1, -0.05) is 60.7 Å². The Morgan fingerprint density at radius 1 is 1.00 bits per heavy atom. The standard InChI is InChI=1S/C22H24O6/c1-16(24)27-20(15-25-13-17-8-4-2-5-9-17)21(22-19(12-23)28-22)26-14-18-10-6-3-7-11-18/h2-11,20-21,23H,12-15H2,1H3/t20-,21+/m1/s1. The molecule has 1 aliphatic heterocycles. The molecular formula is C22H24O6. The number of carbonyl (C=O) groups excluding carboxylic acids is 1. The van der Waals surface area contributed by atoms with Crippen LogP contribution >= 0.6 is 0 Å². The van der Waals surface area contributed by atoms with Crippen LogP contribution in [0.1, 0.15) is 18.1 Å². The van der Waals surface area contributed by atoms with Crippen molar-refractivity contribution < 1.29 is 28.8 Å². The normalized spacial score (nSPS) is 14.9. The van der Waals surface area contributed by atoms with E-state index in [1.807, 2.05) is 60.7 Å². The fourth-order valence-corrected chi connectivity index (χ4v) is 2.81. The van der Waals surface area contributed by atoms with E-state index in [2.05, 4.69) is 0 Å². The summed E-state index contributed by atoms with van der Waals surface area (Å²) in [5.74, 6) is 0.500. The summed E-state index contributed by atoms with van der Waals surface area (Å²) in [6.45, 7) is 1.95. The molecule has 0 spiro atoms. The molecule has 1 heterocycles. The molecule has 0 aromatic heterocycles. The highest BCUT2D eigenvalue weighted by atomic mass is 16.6. The highest BCUT2D eigenvalue weighted by Crippen LogP contribution is 2.33. The van der Waals surface area contributed by atoms with Crippen LogP contribution in [0.4, 0.5) is 0 Å². The minimum atomic E-state index is -0.691. The summed E-state index contributed by atoms with van der Waals surface area (Å²) in [6, 6.07) is 19.4. The second-order valence-corrected chi connectivity index (χ2v) is 6.41. The van der Waals surface area contributed by atoms with Gasteiger partial charge >= 0.3 is 5.97 Å². The lowest BCUT2D eigenvalue weighted by Crippen LogP contribution is -2.37. The summed E-state index contributed by atoms with van der Waals surface area (Å²) >= 11 is 0. The molecule has 6 heteroatoms. The van der Waals surface area contributed by atoms with Gasteiger partial charge < -0.3 is 24.1 Å². The molecule has 0 fully saturated rings. The first-order valence-corrected chi connectivity index (χ1v) is 9.13. The Morgan fingerprint density at radius 3 is 2.14 bits per heavy atom. The molecule has 0 bridgehead atoms. The van der Waals surface area contributed by atoms with E-state index in [1.165, 1.54) is 6.92 Å². The number of carbonyl (C=O) groups is 1. The number of aliphatic hydroxyl groups excluding tert-OH is 1. The van der Waals surface area contributed by atoms with Crippen molar-refractivity contribution in [1.82, 2.24) is 0 Å². The first-order chi connectivity index (χ1) is 13.7. The summed E-state index contributed by atoms with van der Waals surface area (Å²) < 4.78 is 22.6. The first kappa shape index (κ1) is 20.1. The second kappa shape index (κ2) is 10.0. The maximum Gasteiger partial charge on any atom is 0.303 e. The molecule has 0 unspecified atom stereocenters. The van der Waals surface area contributed by atoms with Crippen molar-refractivity contribution in [3.05, 3.63) is 83.3 Å². The van der Waals surface area contributed by atoms with Gasteiger partial charge in [-0.15, -0.1) is 0 Å². The van der Waals surface area contributed by atoms with Crippen molar-refractivity contribution in [2.24, 2.45) is 0 Å². The van der Waals surface area contributed by atoms with E-state index in [-0.39, 0.29) is 13.2 Å². The number of hydrogen-bond donors (Lipinski definition) is 1. The lowest BCUT2D eigenvalue weighted by atomic mass is 10.1. The fourth-order valence-electron chi connectivity index (χ4n) is 2.81. The SMILES string of the molecule is CC(=O)O[C@H](COCc1ccccc1)[C@H](OCc1ccccc1)C1=C(CO)O1. The van der Waals surface area contributed by atoms with Crippen LogP contribution in [-0.4, -0.2) is 36.5 Å². The average Bonchev–Trinajstić information content (AvgIpc) is 3.49. The second-order valence-electron chi connectivity index (χ2n) is 6.41. The molecule has 0 saturated carbocycles.